The van der Waals surface area contributed by atoms with E-state index < -0.39 is 0 Å². The molecule has 162 valence electrons. The molecular weight excluding hydrogens is 400 g/mol. The van der Waals surface area contributed by atoms with Gasteiger partial charge in [0.25, 0.3) is 5.91 Å². The molecule has 1 heterocycles. The first-order valence-electron chi connectivity index (χ1n) is 10.6. The lowest BCUT2D eigenvalue weighted by molar-refractivity contribution is -0.117. The lowest BCUT2D eigenvalue weighted by Gasteiger charge is -2.19. The molecule has 0 fully saturated rings. The number of benzene rings is 3. The predicted molar refractivity (Wildman–Crippen MR) is 130 cm³/mol. The van der Waals surface area contributed by atoms with Gasteiger partial charge in [-0.2, -0.15) is 0 Å². The maximum atomic E-state index is 12.9. The van der Waals surface area contributed by atoms with Crippen molar-refractivity contribution in [1.82, 2.24) is 5.32 Å². The van der Waals surface area contributed by atoms with Crippen molar-refractivity contribution >= 4 is 40.1 Å². The van der Waals surface area contributed by atoms with Gasteiger partial charge in [-0.3, -0.25) is 9.59 Å². The van der Waals surface area contributed by atoms with Gasteiger partial charge in [0.2, 0.25) is 5.91 Å². The second-order valence-electron chi connectivity index (χ2n) is 7.52. The summed E-state index contributed by atoms with van der Waals surface area (Å²) < 4.78 is 0. The molecule has 0 saturated heterocycles. The zero-order valence-corrected chi connectivity index (χ0v) is 18.2. The summed E-state index contributed by atoms with van der Waals surface area (Å²) in [7, 11) is 1.76. The molecule has 0 spiro atoms. The number of para-hydroxylation sites is 1. The molecule has 6 nitrogen and oxygen atoms in total. The van der Waals surface area contributed by atoms with Crippen LogP contribution in [-0.2, 0) is 9.59 Å². The highest BCUT2D eigenvalue weighted by molar-refractivity contribution is 6.37. The summed E-state index contributed by atoms with van der Waals surface area (Å²) in [5, 5.41) is 9.44. The van der Waals surface area contributed by atoms with Crippen LogP contribution in [0.5, 0.6) is 0 Å². The van der Waals surface area contributed by atoms with Crippen molar-refractivity contribution in [3.63, 3.8) is 0 Å². The quantitative estimate of drug-likeness (QED) is 0.495. The van der Waals surface area contributed by atoms with Gasteiger partial charge in [-0.25, -0.2) is 0 Å². The van der Waals surface area contributed by atoms with Crippen LogP contribution in [0.3, 0.4) is 0 Å². The highest BCUT2D eigenvalue weighted by atomic mass is 16.2. The second-order valence-corrected chi connectivity index (χ2v) is 7.52. The van der Waals surface area contributed by atoms with E-state index in [-0.39, 0.29) is 11.8 Å². The summed E-state index contributed by atoms with van der Waals surface area (Å²) in [5.41, 5.74) is 5.55. The molecule has 0 unspecified atom stereocenters. The van der Waals surface area contributed by atoms with E-state index in [4.69, 9.17) is 0 Å². The summed E-state index contributed by atoms with van der Waals surface area (Å²) >= 11 is 0. The van der Waals surface area contributed by atoms with Crippen LogP contribution in [-0.4, -0.2) is 32.0 Å². The third-order valence-electron chi connectivity index (χ3n) is 5.41. The van der Waals surface area contributed by atoms with Gasteiger partial charge in [0.1, 0.15) is 0 Å². The topological polar surface area (TPSA) is 73.5 Å². The van der Waals surface area contributed by atoms with E-state index >= 15 is 0 Å². The smallest absolute Gasteiger partial charge is 0.258 e. The minimum atomic E-state index is -0.136. The van der Waals surface area contributed by atoms with Crippen molar-refractivity contribution < 1.29 is 9.59 Å². The predicted octanol–water partition coefficient (Wildman–Crippen LogP) is 4.19. The highest BCUT2D eigenvalue weighted by Crippen LogP contribution is 2.37. The van der Waals surface area contributed by atoms with E-state index in [9.17, 15) is 9.59 Å². The molecule has 0 radical (unpaired) electrons. The molecule has 0 atom stereocenters. The normalized spacial score (nSPS) is 13.9. The number of likely N-dealkylation sites (N-methyl/N-ethyl adjacent to an activating group) is 2. The molecule has 0 aromatic heterocycles. The van der Waals surface area contributed by atoms with E-state index in [2.05, 4.69) is 16.0 Å². The van der Waals surface area contributed by atoms with Crippen molar-refractivity contribution in [1.29, 1.82) is 0 Å². The fourth-order valence-electron chi connectivity index (χ4n) is 3.66. The minimum absolute atomic E-state index is 0.00103. The molecule has 0 aliphatic carbocycles. The zero-order valence-electron chi connectivity index (χ0n) is 18.2. The monoisotopic (exact) mass is 426 g/mol. The van der Waals surface area contributed by atoms with Gasteiger partial charge >= 0.3 is 0 Å². The number of hydrogen-bond donors (Lipinski definition) is 3. The summed E-state index contributed by atoms with van der Waals surface area (Å²) in [6.07, 6.45) is 0. The number of carbonyl (C=O) groups is 2. The Morgan fingerprint density at radius 2 is 1.62 bits per heavy atom. The standard InChI is InChI=1S/C26H26N4O2/c1-3-27-17-23(31)30(2)20-15-13-19(14-16-20)28-25(18-9-5-4-6-10-18)24-21-11-7-8-12-22(21)29-26(24)32/h4-16,27-28H,3,17H2,1-2H3,(H,29,32)/b25-24-. The van der Waals surface area contributed by atoms with Gasteiger partial charge in [0.05, 0.1) is 17.8 Å². The molecule has 0 bridgehead atoms. The van der Waals surface area contributed by atoms with Crippen LogP contribution >= 0.6 is 0 Å². The first-order chi connectivity index (χ1) is 15.6. The zero-order chi connectivity index (χ0) is 22.5. The third kappa shape index (κ3) is 4.40. The van der Waals surface area contributed by atoms with Crippen LogP contribution in [0.1, 0.15) is 18.1 Å². The Morgan fingerprint density at radius 3 is 2.34 bits per heavy atom. The molecular formula is C26H26N4O2. The Labute approximate surface area is 188 Å². The van der Waals surface area contributed by atoms with Crippen molar-refractivity contribution in [2.24, 2.45) is 0 Å². The molecule has 3 aromatic rings. The molecule has 1 aliphatic heterocycles. The van der Waals surface area contributed by atoms with Crippen molar-refractivity contribution in [3.8, 4) is 0 Å². The van der Waals surface area contributed by atoms with Crippen molar-refractivity contribution in [3.05, 3.63) is 90.0 Å². The number of carbonyl (C=O) groups excluding carboxylic acids is 2. The van der Waals surface area contributed by atoms with Gasteiger partial charge in [-0.05, 0) is 42.4 Å². The Kier molecular flexibility index (Phi) is 6.33. The minimum Gasteiger partial charge on any atom is -0.354 e. The van der Waals surface area contributed by atoms with Crippen LogP contribution < -0.4 is 20.9 Å². The van der Waals surface area contributed by atoms with E-state index in [0.29, 0.717) is 12.1 Å². The highest BCUT2D eigenvalue weighted by Gasteiger charge is 2.28. The largest absolute Gasteiger partial charge is 0.354 e. The summed E-state index contributed by atoms with van der Waals surface area (Å²) in [5.74, 6) is -0.137. The van der Waals surface area contributed by atoms with Crippen LogP contribution in [0.15, 0.2) is 78.9 Å². The number of amides is 2. The van der Waals surface area contributed by atoms with Gasteiger partial charge in [-0.15, -0.1) is 0 Å². The lowest BCUT2D eigenvalue weighted by Crippen LogP contribution is -2.35. The summed E-state index contributed by atoms with van der Waals surface area (Å²) in [6, 6.07) is 25.1. The molecule has 3 aromatic carbocycles. The van der Waals surface area contributed by atoms with Crippen LogP contribution in [0, 0.1) is 0 Å². The van der Waals surface area contributed by atoms with E-state index in [0.717, 1.165) is 40.4 Å². The Morgan fingerprint density at radius 1 is 0.938 bits per heavy atom. The van der Waals surface area contributed by atoms with Gasteiger partial charge < -0.3 is 20.9 Å². The number of nitrogens with one attached hydrogen (secondary N) is 3. The lowest BCUT2D eigenvalue weighted by atomic mass is 10.00. The van der Waals surface area contributed by atoms with Gasteiger partial charge in [0.15, 0.2) is 0 Å². The van der Waals surface area contributed by atoms with Crippen molar-refractivity contribution in [2.75, 3.05) is 35.7 Å². The average molecular weight is 427 g/mol. The molecule has 2 amide bonds. The maximum Gasteiger partial charge on any atom is 0.258 e. The van der Waals surface area contributed by atoms with Crippen molar-refractivity contribution in [2.45, 2.75) is 6.92 Å². The molecule has 0 saturated carbocycles. The average Bonchev–Trinajstić information content (AvgIpc) is 3.17. The molecule has 1 aliphatic rings. The van der Waals surface area contributed by atoms with Crippen LogP contribution in [0.2, 0.25) is 0 Å². The van der Waals surface area contributed by atoms with Crippen LogP contribution in [0.4, 0.5) is 17.1 Å². The van der Waals surface area contributed by atoms with Crippen LogP contribution in [0.25, 0.3) is 11.3 Å². The molecule has 3 N–H and O–H groups in total. The number of rotatable bonds is 7. The van der Waals surface area contributed by atoms with E-state index in [1.54, 1.807) is 11.9 Å². The molecule has 4 rings (SSSR count). The first-order valence-corrected chi connectivity index (χ1v) is 10.6. The Bertz CT molecular complexity index is 1150. The summed E-state index contributed by atoms with van der Waals surface area (Å²) in [4.78, 5) is 26.8. The molecule has 6 heteroatoms. The summed E-state index contributed by atoms with van der Waals surface area (Å²) in [6.45, 7) is 3.01. The SMILES string of the molecule is CCNCC(=O)N(C)c1ccc(N/C(=C2\C(=O)Nc3ccccc32)c2ccccc2)cc1. The maximum absolute atomic E-state index is 12.9. The van der Waals surface area contributed by atoms with Gasteiger partial charge in [-0.1, -0.05) is 55.5 Å². The second kappa shape index (κ2) is 9.49. The fourth-order valence-corrected chi connectivity index (χ4v) is 3.66. The third-order valence-corrected chi connectivity index (χ3v) is 5.41. The fraction of sp³-hybridized carbons (Fsp3) is 0.154. The van der Waals surface area contributed by atoms with Gasteiger partial charge in [0, 0.05) is 29.7 Å². The number of fused-ring (bicyclic) bond motifs is 1. The number of anilines is 3. The van der Waals surface area contributed by atoms with E-state index in [1.165, 1.54) is 0 Å². The van der Waals surface area contributed by atoms with E-state index in [1.807, 2.05) is 85.8 Å². The number of hydrogen-bond acceptors (Lipinski definition) is 4. The number of nitrogens with zero attached hydrogens (tertiary/aromatic N) is 1. The first kappa shape index (κ1) is 21.3. The Hall–Kier alpha value is -3.90. The molecule has 32 heavy (non-hydrogen) atoms. The Balaban J connectivity index is 1.67.